The van der Waals surface area contributed by atoms with Gasteiger partial charge in [0.15, 0.2) is 0 Å². The number of hydrogen-bond donors (Lipinski definition) is 1. The van der Waals surface area contributed by atoms with Crippen molar-refractivity contribution in [1.82, 2.24) is 4.90 Å². The van der Waals surface area contributed by atoms with E-state index in [9.17, 15) is 9.90 Å². The molecule has 4 nitrogen and oxygen atoms in total. The fourth-order valence-corrected chi connectivity index (χ4v) is 2.35. The largest absolute Gasteiger partial charge is 0.508 e. The lowest BCUT2D eigenvalue weighted by Gasteiger charge is -2.34. The van der Waals surface area contributed by atoms with Crippen molar-refractivity contribution >= 4 is 17.5 Å². The number of carbonyl (C=O) groups is 1. The molecule has 2 rings (SSSR count). The lowest BCUT2D eigenvalue weighted by molar-refractivity contribution is 0.00452. The van der Waals surface area contributed by atoms with Crippen LogP contribution in [0.15, 0.2) is 18.2 Å². The molecule has 1 aromatic rings. The van der Waals surface area contributed by atoms with E-state index in [1.54, 1.807) is 17.0 Å². The number of alkyl halides is 1. The summed E-state index contributed by atoms with van der Waals surface area (Å²) in [5.74, 6) is 0.476. The zero-order valence-electron chi connectivity index (χ0n) is 10.2. The van der Waals surface area contributed by atoms with Crippen molar-refractivity contribution in [2.75, 3.05) is 25.6 Å². The number of morpholine rings is 1. The molecule has 0 radical (unpaired) electrons. The van der Waals surface area contributed by atoms with Crippen molar-refractivity contribution in [3.63, 3.8) is 0 Å². The molecule has 0 bridgehead atoms. The topological polar surface area (TPSA) is 49.8 Å². The molecule has 1 atom stereocenters. The van der Waals surface area contributed by atoms with Gasteiger partial charge in [-0.25, -0.2) is 0 Å². The Bertz CT molecular complexity index is 450. The molecule has 98 valence electrons. The number of phenolic OH excluding ortho intramolecular Hbond substituents is 1. The minimum Gasteiger partial charge on any atom is -0.508 e. The highest BCUT2D eigenvalue weighted by atomic mass is 35.5. The van der Waals surface area contributed by atoms with E-state index >= 15 is 0 Å². The Kier molecular flexibility index (Phi) is 4.09. The van der Waals surface area contributed by atoms with Gasteiger partial charge in [0.25, 0.3) is 5.91 Å². The summed E-state index contributed by atoms with van der Waals surface area (Å²) in [5.41, 5.74) is 1.37. The van der Waals surface area contributed by atoms with Crippen LogP contribution in [0.5, 0.6) is 5.75 Å². The van der Waals surface area contributed by atoms with Crippen LogP contribution in [0.3, 0.4) is 0 Å². The first-order chi connectivity index (χ1) is 8.63. The first-order valence-electron chi connectivity index (χ1n) is 5.87. The summed E-state index contributed by atoms with van der Waals surface area (Å²) < 4.78 is 5.32. The molecule has 1 fully saturated rings. The number of nitrogens with zero attached hydrogens (tertiary/aromatic N) is 1. The van der Waals surface area contributed by atoms with Crippen LogP contribution in [0.4, 0.5) is 0 Å². The maximum absolute atomic E-state index is 12.4. The standard InChI is InChI=1S/C13H16ClNO3/c1-9-6-11(16)2-3-12(9)13(17)15-4-5-18-8-10(15)7-14/h2-3,6,10,16H,4-5,7-8H2,1H3. The molecule has 1 unspecified atom stereocenters. The maximum atomic E-state index is 12.4. The molecule has 5 heteroatoms. The average molecular weight is 270 g/mol. The van der Waals surface area contributed by atoms with E-state index in [1.165, 1.54) is 6.07 Å². The molecule has 18 heavy (non-hydrogen) atoms. The summed E-state index contributed by atoms with van der Waals surface area (Å²) in [4.78, 5) is 14.2. The lowest BCUT2D eigenvalue weighted by Crippen LogP contribution is -2.49. The zero-order valence-corrected chi connectivity index (χ0v) is 11.0. The van der Waals surface area contributed by atoms with Crippen LogP contribution in [-0.2, 0) is 4.74 Å². The highest BCUT2D eigenvalue weighted by molar-refractivity contribution is 6.18. The summed E-state index contributed by atoms with van der Waals surface area (Å²) in [6.45, 7) is 3.38. The molecule has 1 aliphatic rings. The number of halogens is 1. The molecule has 1 heterocycles. The van der Waals surface area contributed by atoms with Gasteiger partial charge < -0.3 is 14.7 Å². The number of ether oxygens (including phenoxy) is 1. The van der Waals surface area contributed by atoms with Gasteiger partial charge in [-0.05, 0) is 30.7 Å². The predicted molar refractivity (Wildman–Crippen MR) is 69.2 cm³/mol. The van der Waals surface area contributed by atoms with Gasteiger partial charge in [-0.2, -0.15) is 0 Å². The number of hydrogen-bond acceptors (Lipinski definition) is 3. The molecule has 0 aromatic heterocycles. The quantitative estimate of drug-likeness (QED) is 0.833. The van der Waals surface area contributed by atoms with Gasteiger partial charge in [0.1, 0.15) is 5.75 Å². The van der Waals surface area contributed by atoms with Crippen LogP contribution in [-0.4, -0.2) is 47.6 Å². The second-order valence-corrected chi connectivity index (χ2v) is 4.69. The Morgan fingerprint density at radius 1 is 1.61 bits per heavy atom. The zero-order chi connectivity index (χ0) is 13.1. The van der Waals surface area contributed by atoms with E-state index < -0.39 is 0 Å². The van der Waals surface area contributed by atoms with Crippen LogP contribution >= 0.6 is 11.6 Å². The summed E-state index contributed by atoms with van der Waals surface area (Å²) in [6, 6.07) is 4.68. The van der Waals surface area contributed by atoms with Gasteiger partial charge in [0.05, 0.1) is 19.3 Å². The Labute approximate surface area is 111 Å². The second-order valence-electron chi connectivity index (χ2n) is 4.38. The van der Waals surface area contributed by atoms with Crippen LogP contribution in [0.2, 0.25) is 0 Å². The summed E-state index contributed by atoms with van der Waals surface area (Å²) in [7, 11) is 0. The van der Waals surface area contributed by atoms with Crippen molar-refractivity contribution in [2.45, 2.75) is 13.0 Å². The fraction of sp³-hybridized carbons (Fsp3) is 0.462. The predicted octanol–water partition coefficient (Wildman–Crippen LogP) is 1.78. The monoisotopic (exact) mass is 269 g/mol. The third-order valence-corrected chi connectivity index (χ3v) is 3.46. The number of carbonyl (C=O) groups excluding carboxylic acids is 1. The molecule has 1 aromatic carbocycles. The highest BCUT2D eigenvalue weighted by Crippen LogP contribution is 2.20. The molecule has 1 saturated heterocycles. The van der Waals surface area contributed by atoms with Gasteiger partial charge >= 0.3 is 0 Å². The molecule has 0 spiro atoms. The summed E-state index contributed by atoms with van der Waals surface area (Å²) in [6.07, 6.45) is 0. The second kappa shape index (κ2) is 5.59. The first kappa shape index (κ1) is 13.2. The van der Waals surface area contributed by atoms with Gasteiger partial charge in [0, 0.05) is 18.0 Å². The molecule has 0 saturated carbocycles. The van der Waals surface area contributed by atoms with Crippen LogP contribution in [0, 0.1) is 6.92 Å². The molecule has 0 aliphatic carbocycles. The normalized spacial score (nSPS) is 19.9. The molecular weight excluding hydrogens is 254 g/mol. The van der Waals surface area contributed by atoms with Crippen molar-refractivity contribution in [1.29, 1.82) is 0 Å². The van der Waals surface area contributed by atoms with Gasteiger partial charge in [-0.3, -0.25) is 4.79 Å². The number of aromatic hydroxyl groups is 1. The van der Waals surface area contributed by atoms with E-state index in [2.05, 4.69) is 0 Å². The van der Waals surface area contributed by atoms with E-state index in [1.807, 2.05) is 6.92 Å². The number of benzene rings is 1. The summed E-state index contributed by atoms with van der Waals surface area (Å²) >= 11 is 5.86. The minimum absolute atomic E-state index is 0.0542. The van der Waals surface area contributed by atoms with E-state index in [4.69, 9.17) is 16.3 Å². The van der Waals surface area contributed by atoms with Gasteiger partial charge in [-0.15, -0.1) is 11.6 Å². The summed E-state index contributed by atoms with van der Waals surface area (Å²) in [5, 5.41) is 9.36. The fourth-order valence-electron chi connectivity index (χ4n) is 2.09. The smallest absolute Gasteiger partial charge is 0.254 e. The van der Waals surface area contributed by atoms with Crippen molar-refractivity contribution in [3.05, 3.63) is 29.3 Å². The van der Waals surface area contributed by atoms with E-state index in [0.29, 0.717) is 31.2 Å². The first-order valence-corrected chi connectivity index (χ1v) is 6.41. The third-order valence-electron chi connectivity index (χ3n) is 3.11. The van der Waals surface area contributed by atoms with Crippen molar-refractivity contribution in [2.24, 2.45) is 0 Å². The molecular formula is C13H16ClNO3. The number of amides is 1. The van der Waals surface area contributed by atoms with E-state index in [0.717, 1.165) is 5.56 Å². The Morgan fingerprint density at radius 3 is 3.06 bits per heavy atom. The van der Waals surface area contributed by atoms with Gasteiger partial charge in [-0.1, -0.05) is 0 Å². The Hall–Kier alpha value is -1.26. The molecule has 1 amide bonds. The lowest BCUT2D eigenvalue weighted by atomic mass is 10.1. The number of aryl methyl sites for hydroxylation is 1. The number of rotatable bonds is 2. The highest BCUT2D eigenvalue weighted by Gasteiger charge is 2.28. The minimum atomic E-state index is -0.0823. The van der Waals surface area contributed by atoms with Crippen LogP contribution < -0.4 is 0 Å². The number of phenols is 1. The average Bonchev–Trinajstić information content (AvgIpc) is 2.38. The van der Waals surface area contributed by atoms with Crippen LogP contribution in [0.25, 0.3) is 0 Å². The Balaban J connectivity index is 2.24. The molecule has 1 N–H and O–H groups in total. The third kappa shape index (κ3) is 2.60. The maximum Gasteiger partial charge on any atom is 0.254 e. The molecule has 1 aliphatic heterocycles. The SMILES string of the molecule is Cc1cc(O)ccc1C(=O)N1CCOCC1CCl. The van der Waals surface area contributed by atoms with Gasteiger partial charge in [0.2, 0.25) is 0 Å². The van der Waals surface area contributed by atoms with E-state index in [-0.39, 0.29) is 17.7 Å². The Morgan fingerprint density at radius 2 is 2.39 bits per heavy atom. The van der Waals surface area contributed by atoms with Crippen molar-refractivity contribution < 1.29 is 14.6 Å². The van der Waals surface area contributed by atoms with Crippen molar-refractivity contribution in [3.8, 4) is 5.75 Å². The van der Waals surface area contributed by atoms with Crippen LogP contribution in [0.1, 0.15) is 15.9 Å².